The lowest BCUT2D eigenvalue weighted by Gasteiger charge is -2.26. The number of para-hydroxylation sites is 6. The van der Waals surface area contributed by atoms with E-state index in [1.165, 1.54) is 0 Å². The Morgan fingerprint density at radius 1 is 0.288 bits per heavy atom. The van der Waals surface area contributed by atoms with Crippen molar-refractivity contribution in [3.63, 3.8) is 0 Å². The first kappa shape index (κ1) is 29.8. The number of hydrogen-bond acceptors (Lipinski definition) is 4. The molecule has 0 amide bonds. The van der Waals surface area contributed by atoms with Crippen LogP contribution in [0.4, 0.5) is 34.1 Å². The standard InChI is InChI=1S/C48H32N2O2/c1-3-15-35(16-4-1)49(43-24-12-22-41-39-20-7-9-26-45(39)51-47(41)43)37-30-28-33(29-31-37)34-14-11-19-38(32-34)50(36-17-5-2-6-18-36)44-25-13-23-42-40-21-8-10-27-46(40)52-48(42)44/h1-32H. The molecule has 0 bridgehead atoms. The summed E-state index contributed by atoms with van der Waals surface area (Å²) in [5, 5.41) is 4.43. The molecule has 0 aliphatic rings. The predicted octanol–water partition coefficient (Wildman–Crippen LogP) is 14.1. The summed E-state index contributed by atoms with van der Waals surface area (Å²) in [6, 6.07) is 67.7. The van der Waals surface area contributed by atoms with Gasteiger partial charge in [-0.25, -0.2) is 0 Å². The normalized spacial score (nSPS) is 11.5. The molecule has 0 atom stereocenters. The highest BCUT2D eigenvalue weighted by Gasteiger charge is 2.21. The zero-order valence-electron chi connectivity index (χ0n) is 28.2. The first-order chi connectivity index (χ1) is 25.8. The number of benzene rings is 8. The topological polar surface area (TPSA) is 32.8 Å². The van der Waals surface area contributed by atoms with Crippen LogP contribution in [0.1, 0.15) is 0 Å². The van der Waals surface area contributed by atoms with Crippen LogP contribution in [0.15, 0.2) is 203 Å². The number of anilines is 6. The SMILES string of the molecule is c1ccc(N(c2ccc(-c3cccc(N(c4ccccc4)c4cccc5c4oc4ccccc45)c3)cc2)c2cccc3c2oc2ccccc23)cc1. The van der Waals surface area contributed by atoms with Gasteiger partial charge in [-0.05, 0) is 83.9 Å². The summed E-state index contributed by atoms with van der Waals surface area (Å²) < 4.78 is 13.0. The average molecular weight is 669 g/mol. The predicted molar refractivity (Wildman–Crippen MR) is 216 cm³/mol. The van der Waals surface area contributed by atoms with Crippen LogP contribution in [0.3, 0.4) is 0 Å². The van der Waals surface area contributed by atoms with Crippen molar-refractivity contribution >= 4 is 78.0 Å². The van der Waals surface area contributed by atoms with E-state index in [-0.39, 0.29) is 0 Å². The van der Waals surface area contributed by atoms with Crippen LogP contribution in [0.2, 0.25) is 0 Å². The highest BCUT2D eigenvalue weighted by Crippen LogP contribution is 2.44. The van der Waals surface area contributed by atoms with Gasteiger partial charge in [-0.2, -0.15) is 0 Å². The van der Waals surface area contributed by atoms with Crippen molar-refractivity contribution in [1.29, 1.82) is 0 Å². The molecule has 246 valence electrons. The van der Waals surface area contributed by atoms with Gasteiger partial charge in [-0.3, -0.25) is 0 Å². The molecular weight excluding hydrogens is 637 g/mol. The van der Waals surface area contributed by atoms with Gasteiger partial charge in [0.1, 0.15) is 11.2 Å². The lowest BCUT2D eigenvalue weighted by atomic mass is 10.0. The summed E-state index contributed by atoms with van der Waals surface area (Å²) in [7, 11) is 0. The van der Waals surface area contributed by atoms with Crippen LogP contribution >= 0.6 is 0 Å². The average Bonchev–Trinajstić information content (AvgIpc) is 3.79. The Balaban J connectivity index is 1.07. The minimum Gasteiger partial charge on any atom is -0.454 e. The van der Waals surface area contributed by atoms with E-state index in [9.17, 15) is 0 Å². The van der Waals surface area contributed by atoms with Crippen molar-refractivity contribution in [2.45, 2.75) is 0 Å². The second kappa shape index (κ2) is 12.4. The molecule has 4 heteroatoms. The van der Waals surface area contributed by atoms with E-state index in [2.05, 4.69) is 174 Å². The Labute approximate surface area is 301 Å². The second-order valence-electron chi connectivity index (χ2n) is 12.9. The van der Waals surface area contributed by atoms with Crippen LogP contribution in [0, 0.1) is 0 Å². The lowest BCUT2D eigenvalue weighted by molar-refractivity contribution is 0.668. The maximum absolute atomic E-state index is 6.52. The third kappa shape index (κ3) is 5.00. The molecule has 0 saturated heterocycles. The number of furan rings is 2. The fourth-order valence-electron chi connectivity index (χ4n) is 7.45. The molecule has 10 rings (SSSR count). The Hall–Kier alpha value is -7.04. The highest BCUT2D eigenvalue weighted by atomic mass is 16.3. The van der Waals surface area contributed by atoms with Gasteiger partial charge in [-0.1, -0.05) is 121 Å². The molecule has 0 N–H and O–H groups in total. The molecule has 0 aliphatic heterocycles. The molecule has 52 heavy (non-hydrogen) atoms. The van der Waals surface area contributed by atoms with E-state index >= 15 is 0 Å². The lowest BCUT2D eigenvalue weighted by Crippen LogP contribution is -2.10. The number of rotatable bonds is 7. The third-order valence-electron chi connectivity index (χ3n) is 9.84. The quantitative estimate of drug-likeness (QED) is 0.169. The Bertz CT molecular complexity index is 2850. The summed E-state index contributed by atoms with van der Waals surface area (Å²) in [5.41, 5.74) is 11.9. The van der Waals surface area contributed by atoms with E-state index in [0.717, 1.165) is 89.1 Å². The van der Waals surface area contributed by atoms with Gasteiger partial charge in [-0.15, -0.1) is 0 Å². The van der Waals surface area contributed by atoms with E-state index < -0.39 is 0 Å². The first-order valence-electron chi connectivity index (χ1n) is 17.5. The maximum atomic E-state index is 6.52. The molecule has 2 aromatic heterocycles. The van der Waals surface area contributed by atoms with Crippen molar-refractivity contribution in [2.75, 3.05) is 9.80 Å². The van der Waals surface area contributed by atoms with E-state index in [4.69, 9.17) is 8.83 Å². The van der Waals surface area contributed by atoms with E-state index in [0.29, 0.717) is 0 Å². The maximum Gasteiger partial charge on any atom is 0.159 e. The summed E-state index contributed by atoms with van der Waals surface area (Å²) in [6.45, 7) is 0. The first-order valence-corrected chi connectivity index (χ1v) is 17.5. The third-order valence-corrected chi connectivity index (χ3v) is 9.84. The molecule has 0 spiro atoms. The molecule has 10 aromatic rings. The number of fused-ring (bicyclic) bond motifs is 6. The van der Waals surface area contributed by atoms with Crippen molar-refractivity contribution < 1.29 is 8.83 Å². The number of hydrogen-bond donors (Lipinski definition) is 0. The van der Waals surface area contributed by atoms with Gasteiger partial charge in [0.2, 0.25) is 0 Å². The molecule has 0 radical (unpaired) electrons. The van der Waals surface area contributed by atoms with Gasteiger partial charge in [0.15, 0.2) is 11.2 Å². The minimum absolute atomic E-state index is 0.864. The van der Waals surface area contributed by atoms with E-state index in [1.807, 2.05) is 30.3 Å². The largest absolute Gasteiger partial charge is 0.454 e. The van der Waals surface area contributed by atoms with Crippen LogP contribution in [0.5, 0.6) is 0 Å². The fourth-order valence-corrected chi connectivity index (χ4v) is 7.45. The molecule has 0 saturated carbocycles. The summed E-state index contributed by atoms with van der Waals surface area (Å²) >= 11 is 0. The summed E-state index contributed by atoms with van der Waals surface area (Å²) in [4.78, 5) is 4.56. The number of nitrogens with zero attached hydrogens (tertiary/aromatic N) is 2. The second-order valence-corrected chi connectivity index (χ2v) is 12.9. The van der Waals surface area contributed by atoms with Crippen LogP contribution in [0.25, 0.3) is 55.0 Å². The van der Waals surface area contributed by atoms with Crippen molar-refractivity contribution in [2.24, 2.45) is 0 Å². The van der Waals surface area contributed by atoms with Crippen LogP contribution < -0.4 is 9.80 Å². The van der Waals surface area contributed by atoms with Crippen LogP contribution in [-0.2, 0) is 0 Å². The van der Waals surface area contributed by atoms with Gasteiger partial charge >= 0.3 is 0 Å². The van der Waals surface area contributed by atoms with Crippen molar-refractivity contribution in [3.8, 4) is 11.1 Å². The van der Waals surface area contributed by atoms with Crippen molar-refractivity contribution in [1.82, 2.24) is 0 Å². The van der Waals surface area contributed by atoms with Gasteiger partial charge in [0.05, 0.1) is 11.4 Å². The zero-order valence-corrected chi connectivity index (χ0v) is 28.2. The van der Waals surface area contributed by atoms with Crippen LogP contribution in [-0.4, -0.2) is 0 Å². The Morgan fingerprint density at radius 3 is 1.27 bits per heavy atom. The molecular formula is C48H32N2O2. The van der Waals surface area contributed by atoms with Gasteiger partial charge in [0.25, 0.3) is 0 Å². The minimum atomic E-state index is 0.864. The molecule has 0 unspecified atom stereocenters. The van der Waals surface area contributed by atoms with Gasteiger partial charge < -0.3 is 18.6 Å². The Kier molecular flexibility index (Phi) is 7.10. The molecule has 0 aliphatic carbocycles. The summed E-state index contributed by atoms with van der Waals surface area (Å²) in [6.07, 6.45) is 0. The smallest absolute Gasteiger partial charge is 0.159 e. The molecule has 8 aromatic carbocycles. The Morgan fingerprint density at radius 2 is 0.712 bits per heavy atom. The molecule has 2 heterocycles. The molecule has 4 nitrogen and oxygen atoms in total. The van der Waals surface area contributed by atoms with Gasteiger partial charge in [0, 0.05) is 44.3 Å². The summed E-state index contributed by atoms with van der Waals surface area (Å²) in [5.74, 6) is 0. The molecule has 0 fully saturated rings. The van der Waals surface area contributed by atoms with Crippen molar-refractivity contribution in [3.05, 3.63) is 194 Å². The zero-order chi connectivity index (χ0) is 34.4. The monoisotopic (exact) mass is 668 g/mol. The van der Waals surface area contributed by atoms with E-state index in [1.54, 1.807) is 0 Å². The fraction of sp³-hybridized carbons (Fsp3) is 0. The highest BCUT2D eigenvalue weighted by molar-refractivity contribution is 6.11.